The van der Waals surface area contributed by atoms with E-state index in [0.717, 1.165) is 18.6 Å². The minimum atomic E-state index is -4.58. The Kier molecular flexibility index (Phi) is 5.35. The quantitative estimate of drug-likeness (QED) is 0.774. The molecule has 0 amide bonds. The van der Waals surface area contributed by atoms with Gasteiger partial charge >= 0.3 is 6.18 Å². The van der Waals surface area contributed by atoms with E-state index >= 15 is 0 Å². The van der Waals surface area contributed by atoms with E-state index in [1.807, 2.05) is 13.8 Å². The molecule has 0 heterocycles. The second-order valence-electron chi connectivity index (χ2n) is 5.07. The highest BCUT2D eigenvalue weighted by molar-refractivity contribution is 5.32. The van der Waals surface area contributed by atoms with Crippen molar-refractivity contribution in [2.24, 2.45) is 5.92 Å². The third kappa shape index (κ3) is 4.82. The predicted octanol–water partition coefficient (Wildman–Crippen LogP) is 4.70. The molecule has 1 atom stereocenters. The molecule has 0 saturated carbocycles. The molecule has 1 unspecified atom stereocenters. The molecule has 0 aliphatic carbocycles. The fourth-order valence-electron chi connectivity index (χ4n) is 1.94. The Bertz CT molecular complexity index is 412. The Morgan fingerprint density at radius 2 is 1.79 bits per heavy atom. The molecule has 0 saturated heterocycles. The van der Waals surface area contributed by atoms with Crippen LogP contribution in [0.15, 0.2) is 18.2 Å². The van der Waals surface area contributed by atoms with Crippen molar-refractivity contribution in [1.82, 2.24) is 0 Å². The lowest BCUT2D eigenvalue weighted by Crippen LogP contribution is -2.12. The van der Waals surface area contributed by atoms with E-state index in [1.54, 1.807) is 0 Å². The minimum absolute atomic E-state index is 0.199. The van der Waals surface area contributed by atoms with Crippen molar-refractivity contribution in [2.45, 2.75) is 45.4 Å². The standard InChI is InChI=1S/C14H18F4O/c1-9(2)4-3-5-13(19)11-8-10(15)6-7-12(11)14(16,17)18/h6-9,13,19H,3-5H2,1-2H3. The molecule has 1 aromatic rings. The first kappa shape index (κ1) is 16.0. The van der Waals surface area contributed by atoms with Gasteiger partial charge in [-0.3, -0.25) is 0 Å². The Hall–Kier alpha value is -1.10. The molecular weight excluding hydrogens is 260 g/mol. The van der Waals surface area contributed by atoms with Gasteiger partial charge in [0.15, 0.2) is 0 Å². The van der Waals surface area contributed by atoms with Crippen molar-refractivity contribution in [2.75, 3.05) is 0 Å². The molecule has 1 rings (SSSR count). The number of alkyl halides is 3. The van der Waals surface area contributed by atoms with E-state index < -0.39 is 23.7 Å². The lowest BCUT2D eigenvalue weighted by molar-refractivity contribution is -0.139. The number of hydrogen-bond acceptors (Lipinski definition) is 1. The van der Waals surface area contributed by atoms with Crippen LogP contribution in [0.2, 0.25) is 0 Å². The number of hydrogen-bond donors (Lipinski definition) is 1. The summed E-state index contributed by atoms with van der Waals surface area (Å²) in [6.07, 6.45) is -4.25. The molecule has 0 bridgehead atoms. The number of benzene rings is 1. The van der Waals surface area contributed by atoms with Crippen molar-refractivity contribution < 1.29 is 22.7 Å². The Morgan fingerprint density at radius 1 is 1.16 bits per heavy atom. The van der Waals surface area contributed by atoms with Gasteiger partial charge in [0.2, 0.25) is 0 Å². The molecule has 0 spiro atoms. The predicted molar refractivity (Wildman–Crippen MR) is 65.1 cm³/mol. The van der Waals surface area contributed by atoms with Gasteiger partial charge in [-0.25, -0.2) is 4.39 Å². The topological polar surface area (TPSA) is 20.2 Å². The number of rotatable bonds is 5. The third-order valence-corrected chi connectivity index (χ3v) is 2.94. The van der Waals surface area contributed by atoms with Crippen molar-refractivity contribution in [3.8, 4) is 0 Å². The van der Waals surface area contributed by atoms with Crippen LogP contribution in [0.1, 0.15) is 50.3 Å². The summed E-state index contributed by atoms with van der Waals surface area (Å²) < 4.78 is 51.3. The lowest BCUT2D eigenvalue weighted by atomic mass is 9.96. The van der Waals surface area contributed by atoms with Crippen LogP contribution in [-0.2, 0) is 6.18 Å². The Labute approximate surface area is 110 Å². The minimum Gasteiger partial charge on any atom is -0.388 e. The van der Waals surface area contributed by atoms with E-state index in [0.29, 0.717) is 18.4 Å². The molecule has 0 aliphatic heterocycles. The first-order valence-corrected chi connectivity index (χ1v) is 6.26. The van der Waals surface area contributed by atoms with Crippen LogP contribution in [0.5, 0.6) is 0 Å². The molecule has 5 heteroatoms. The zero-order chi connectivity index (χ0) is 14.6. The molecule has 0 aliphatic rings. The summed E-state index contributed by atoms with van der Waals surface area (Å²) in [5.74, 6) is -0.354. The number of aliphatic hydroxyl groups excluding tert-OH is 1. The van der Waals surface area contributed by atoms with Gasteiger partial charge in [0, 0.05) is 0 Å². The van der Waals surface area contributed by atoms with E-state index in [1.165, 1.54) is 0 Å². The van der Waals surface area contributed by atoms with E-state index in [9.17, 15) is 22.7 Å². The fourth-order valence-corrected chi connectivity index (χ4v) is 1.94. The summed E-state index contributed by atoms with van der Waals surface area (Å²) in [6.45, 7) is 3.99. The van der Waals surface area contributed by atoms with Gasteiger partial charge in [0.25, 0.3) is 0 Å². The summed E-state index contributed by atoms with van der Waals surface area (Å²) >= 11 is 0. The number of halogens is 4. The summed E-state index contributed by atoms with van der Waals surface area (Å²) in [5.41, 5.74) is -1.35. The average molecular weight is 278 g/mol. The fraction of sp³-hybridized carbons (Fsp3) is 0.571. The summed E-state index contributed by atoms with van der Waals surface area (Å²) in [7, 11) is 0. The summed E-state index contributed by atoms with van der Waals surface area (Å²) in [5, 5.41) is 9.84. The van der Waals surface area contributed by atoms with Crippen LogP contribution >= 0.6 is 0 Å². The van der Waals surface area contributed by atoms with Gasteiger partial charge in [0.05, 0.1) is 11.7 Å². The van der Waals surface area contributed by atoms with Gasteiger partial charge in [0.1, 0.15) is 5.82 Å². The average Bonchev–Trinajstić information content (AvgIpc) is 2.26. The molecule has 1 N–H and O–H groups in total. The molecule has 0 fully saturated rings. The van der Waals surface area contributed by atoms with Crippen molar-refractivity contribution in [3.05, 3.63) is 35.1 Å². The van der Waals surface area contributed by atoms with Crippen molar-refractivity contribution in [3.63, 3.8) is 0 Å². The highest BCUT2D eigenvalue weighted by Crippen LogP contribution is 2.36. The zero-order valence-electron chi connectivity index (χ0n) is 11.0. The number of aliphatic hydroxyl groups is 1. The SMILES string of the molecule is CC(C)CCCC(O)c1cc(F)ccc1C(F)(F)F. The first-order valence-electron chi connectivity index (χ1n) is 6.26. The molecule has 0 radical (unpaired) electrons. The highest BCUT2D eigenvalue weighted by atomic mass is 19.4. The lowest BCUT2D eigenvalue weighted by Gasteiger charge is -2.18. The second-order valence-corrected chi connectivity index (χ2v) is 5.07. The van der Waals surface area contributed by atoms with Crippen LogP contribution in [0.4, 0.5) is 17.6 Å². The Morgan fingerprint density at radius 3 is 2.32 bits per heavy atom. The van der Waals surface area contributed by atoms with Crippen LogP contribution in [0.3, 0.4) is 0 Å². The molecule has 1 nitrogen and oxygen atoms in total. The van der Waals surface area contributed by atoms with Crippen molar-refractivity contribution in [1.29, 1.82) is 0 Å². The van der Waals surface area contributed by atoms with Gasteiger partial charge < -0.3 is 5.11 Å². The van der Waals surface area contributed by atoms with Crippen LogP contribution in [0, 0.1) is 11.7 Å². The summed E-state index contributed by atoms with van der Waals surface area (Å²) in [6, 6.07) is 2.20. The van der Waals surface area contributed by atoms with Gasteiger partial charge in [-0.1, -0.05) is 26.7 Å². The van der Waals surface area contributed by atoms with E-state index in [-0.39, 0.29) is 12.0 Å². The maximum Gasteiger partial charge on any atom is 0.416 e. The monoisotopic (exact) mass is 278 g/mol. The maximum atomic E-state index is 13.1. The molecule has 0 aromatic heterocycles. The summed E-state index contributed by atoms with van der Waals surface area (Å²) in [4.78, 5) is 0. The zero-order valence-corrected chi connectivity index (χ0v) is 11.0. The van der Waals surface area contributed by atoms with Crippen LogP contribution < -0.4 is 0 Å². The van der Waals surface area contributed by atoms with Crippen molar-refractivity contribution >= 4 is 0 Å². The van der Waals surface area contributed by atoms with Gasteiger partial charge in [-0.05, 0) is 36.1 Å². The molecule has 108 valence electrons. The molecule has 19 heavy (non-hydrogen) atoms. The smallest absolute Gasteiger partial charge is 0.388 e. The first-order chi connectivity index (χ1) is 8.71. The third-order valence-electron chi connectivity index (χ3n) is 2.94. The molecular formula is C14H18F4O. The second kappa shape index (κ2) is 6.37. The maximum absolute atomic E-state index is 13.1. The van der Waals surface area contributed by atoms with E-state index in [2.05, 4.69) is 0 Å². The van der Waals surface area contributed by atoms with Gasteiger partial charge in [-0.2, -0.15) is 13.2 Å². The Balaban J connectivity index is 2.88. The normalized spacial score (nSPS) is 13.9. The van der Waals surface area contributed by atoms with Gasteiger partial charge in [-0.15, -0.1) is 0 Å². The van der Waals surface area contributed by atoms with Crippen LogP contribution in [0.25, 0.3) is 0 Å². The largest absolute Gasteiger partial charge is 0.416 e. The van der Waals surface area contributed by atoms with Crippen LogP contribution in [-0.4, -0.2) is 5.11 Å². The molecule has 1 aromatic carbocycles. The highest BCUT2D eigenvalue weighted by Gasteiger charge is 2.35. The van der Waals surface area contributed by atoms with E-state index in [4.69, 9.17) is 0 Å².